The van der Waals surface area contributed by atoms with E-state index in [1.165, 1.54) is 12.1 Å². The van der Waals surface area contributed by atoms with Crippen LogP contribution in [0.25, 0.3) is 0 Å². The number of nitriles is 1. The lowest BCUT2D eigenvalue weighted by Crippen LogP contribution is -2.49. The number of hydrogen-bond acceptors (Lipinski definition) is 2. The SMILES string of the molecule is N#CCNC(=O)C1(c2ccc(F)cc2)CCC1. The molecule has 1 aliphatic carbocycles. The molecule has 1 aliphatic rings. The number of rotatable bonds is 3. The Morgan fingerprint density at radius 1 is 1.41 bits per heavy atom. The number of carbonyl (C=O) groups excluding carboxylic acids is 1. The van der Waals surface area contributed by atoms with E-state index in [1.54, 1.807) is 12.1 Å². The molecule has 2 rings (SSSR count). The lowest BCUT2D eigenvalue weighted by atomic mass is 9.64. The van der Waals surface area contributed by atoms with E-state index in [-0.39, 0.29) is 18.3 Å². The van der Waals surface area contributed by atoms with Gasteiger partial charge in [0.25, 0.3) is 0 Å². The molecule has 17 heavy (non-hydrogen) atoms. The first-order valence-corrected chi connectivity index (χ1v) is 5.60. The van der Waals surface area contributed by atoms with Gasteiger partial charge in [-0.3, -0.25) is 4.79 Å². The van der Waals surface area contributed by atoms with Crippen molar-refractivity contribution in [2.45, 2.75) is 24.7 Å². The molecule has 0 heterocycles. The molecule has 0 bridgehead atoms. The van der Waals surface area contributed by atoms with Crippen LogP contribution in [0.15, 0.2) is 24.3 Å². The van der Waals surface area contributed by atoms with Crippen LogP contribution in [0.3, 0.4) is 0 Å². The zero-order valence-electron chi connectivity index (χ0n) is 9.37. The Kier molecular flexibility index (Phi) is 3.10. The number of nitrogens with one attached hydrogen (secondary N) is 1. The zero-order valence-corrected chi connectivity index (χ0v) is 9.37. The number of amides is 1. The molecule has 0 saturated heterocycles. The molecular weight excluding hydrogens is 219 g/mol. The Hall–Kier alpha value is -1.89. The molecular formula is C13H13FN2O. The molecule has 0 aromatic heterocycles. The Balaban J connectivity index is 2.22. The van der Waals surface area contributed by atoms with E-state index >= 15 is 0 Å². The van der Waals surface area contributed by atoms with Crippen LogP contribution in [0.2, 0.25) is 0 Å². The number of carbonyl (C=O) groups is 1. The average molecular weight is 232 g/mol. The Bertz CT molecular complexity index is 457. The normalized spacial score (nSPS) is 16.7. The molecule has 1 aromatic carbocycles. The quantitative estimate of drug-likeness (QED) is 0.809. The van der Waals surface area contributed by atoms with Crippen LogP contribution in [0.1, 0.15) is 24.8 Å². The van der Waals surface area contributed by atoms with Crippen LogP contribution < -0.4 is 5.32 Å². The largest absolute Gasteiger partial charge is 0.342 e. The zero-order chi connectivity index (χ0) is 12.3. The van der Waals surface area contributed by atoms with Gasteiger partial charge in [0.1, 0.15) is 12.4 Å². The van der Waals surface area contributed by atoms with Crippen molar-refractivity contribution in [1.29, 1.82) is 5.26 Å². The first-order chi connectivity index (χ1) is 8.19. The maximum absolute atomic E-state index is 12.9. The molecule has 1 saturated carbocycles. The van der Waals surface area contributed by atoms with Crippen molar-refractivity contribution in [3.8, 4) is 6.07 Å². The van der Waals surface area contributed by atoms with E-state index in [2.05, 4.69) is 5.32 Å². The van der Waals surface area contributed by atoms with E-state index in [0.717, 1.165) is 24.8 Å². The smallest absolute Gasteiger partial charge is 0.231 e. The topological polar surface area (TPSA) is 52.9 Å². The fourth-order valence-electron chi connectivity index (χ4n) is 2.24. The number of halogens is 1. The van der Waals surface area contributed by atoms with Gasteiger partial charge in [-0.15, -0.1) is 0 Å². The van der Waals surface area contributed by atoms with Crippen molar-refractivity contribution < 1.29 is 9.18 Å². The van der Waals surface area contributed by atoms with Gasteiger partial charge in [-0.2, -0.15) is 5.26 Å². The third-order valence-corrected chi connectivity index (χ3v) is 3.37. The summed E-state index contributed by atoms with van der Waals surface area (Å²) in [7, 11) is 0. The summed E-state index contributed by atoms with van der Waals surface area (Å²) in [6.07, 6.45) is 2.50. The van der Waals surface area contributed by atoms with Crippen LogP contribution in [0.4, 0.5) is 4.39 Å². The average Bonchev–Trinajstić information content (AvgIpc) is 2.27. The molecule has 0 aliphatic heterocycles. The summed E-state index contributed by atoms with van der Waals surface area (Å²) in [6, 6.07) is 7.93. The summed E-state index contributed by atoms with van der Waals surface area (Å²) in [4.78, 5) is 12.0. The molecule has 1 aromatic rings. The van der Waals surface area contributed by atoms with Crippen molar-refractivity contribution in [3.63, 3.8) is 0 Å². The molecule has 88 valence electrons. The number of benzene rings is 1. The molecule has 1 N–H and O–H groups in total. The van der Waals surface area contributed by atoms with Crippen LogP contribution in [0, 0.1) is 17.1 Å². The third-order valence-electron chi connectivity index (χ3n) is 3.37. The summed E-state index contributed by atoms with van der Waals surface area (Å²) in [5, 5.41) is 11.1. The molecule has 4 heteroatoms. The van der Waals surface area contributed by atoms with E-state index in [4.69, 9.17) is 5.26 Å². The van der Waals surface area contributed by atoms with Crippen molar-refractivity contribution in [3.05, 3.63) is 35.6 Å². The highest BCUT2D eigenvalue weighted by Gasteiger charge is 2.45. The number of hydrogen-bond donors (Lipinski definition) is 1. The minimum absolute atomic E-state index is 0.0157. The first-order valence-electron chi connectivity index (χ1n) is 5.60. The van der Waals surface area contributed by atoms with Gasteiger partial charge < -0.3 is 5.32 Å². The Morgan fingerprint density at radius 3 is 2.53 bits per heavy atom. The van der Waals surface area contributed by atoms with Crippen molar-refractivity contribution in [1.82, 2.24) is 5.32 Å². The fraction of sp³-hybridized carbons (Fsp3) is 0.385. The predicted octanol–water partition coefficient (Wildman–Crippen LogP) is 1.89. The standard InChI is InChI=1S/C13H13FN2O/c14-11-4-2-10(3-5-11)13(6-1-7-13)12(17)16-9-8-15/h2-5H,1,6-7,9H2,(H,16,17). The van der Waals surface area contributed by atoms with E-state index in [0.29, 0.717) is 0 Å². The van der Waals surface area contributed by atoms with Crippen molar-refractivity contribution in [2.24, 2.45) is 0 Å². The maximum Gasteiger partial charge on any atom is 0.231 e. The number of nitrogens with zero attached hydrogens (tertiary/aromatic N) is 1. The summed E-state index contributed by atoms with van der Waals surface area (Å²) in [6.45, 7) is 0.0157. The minimum atomic E-state index is -0.551. The molecule has 3 nitrogen and oxygen atoms in total. The highest BCUT2D eigenvalue weighted by atomic mass is 19.1. The lowest BCUT2D eigenvalue weighted by Gasteiger charge is -2.40. The maximum atomic E-state index is 12.9. The van der Waals surface area contributed by atoms with Gasteiger partial charge in [0.2, 0.25) is 5.91 Å². The second kappa shape index (κ2) is 4.54. The third kappa shape index (κ3) is 2.01. The van der Waals surface area contributed by atoms with Crippen molar-refractivity contribution >= 4 is 5.91 Å². The minimum Gasteiger partial charge on any atom is -0.342 e. The van der Waals surface area contributed by atoms with Crippen LogP contribution in [0.5, 0.6) is 0 Å². The second-order valence-corrected chi connectivity index (χ2v) is 4.28. The van der Waals surface area contributed by atoms with E-state index in [1.807, 2.05) is 6.07 Å². The van der Waals surface area contributed by atoms with Crippen LogP contribution in [-0.4, -0.2) is 12.5 Å². The monoisotopic (exact) mass is 232 g/mol. The van der Waals surface area contributed by atoms with Gasteiger partial charge in [-0.25, -0.2) is 4.39 Å². The van der Waals surface area contributed by atoms with E-state index < -0.39 is 5.41 Å². The Labute approximate surface area is 99.2 Å². The van der Waals surface area contributed by atoms with Gasteiger partial charge in [0, 0.05) is 0 Å². The summed E-state index contributed by atoms with van der Waals surface area (Å²) in [5.41, 5.74) is 0.283. The highest BCUT2D eigenvalue weighted by Crippen LogP contribution is 2.43. The van der Waals surface area contributed by atoms with Gasteiger partial charge in [-0.05, 0) is 30.5 Å². The van der Waals surface area contributed by atoms with Crippen LogP contribution in [-0.2, 0) is 10.2 Å². The lowest BCUT2D eigenvalue weighted by molar-refractivity contribution is -0.129. The predicted molar refractivity (Wildman–Crippen MR) is 60.6 cm³/mol. The first kappa shape index (κ1) is 11.6. The van der Waals surface area contributed by atoms with Crippen molar-refractivity contribution in [2.75, 3.05) is 6.54 Å². The molecule has 0 radical (unpaired) electrons. The van der Waals surface area contributed by atoms with Gasteiger partial charge >= 0.3 is 0 Å². The molecule has 0 atom stereocenters. The Morgan fingerprint density at radius 2 is 2.06 bits per heavy atom. The fourth-order valence-corrected chi connectivity index (χ4v) is 2.24. The molecule has 1 fully saturated rings. The van der Waals surface area contributed by atoms with Gasteiger partial charge in [-0.1, -0.05) is 18.6 Å². The van der Waals surface area contributed by atoms with Crippen LogP contribution >= 0.6 is 0 Å². The summed E-state index contributed by atoms with van der Waals surface area (Å²) < 4.78 is 12.9. The highest BCUT2D eigenvalue weighted by molar-refractivity contribution is 5.89. The molecule has 0 spiro atoms. The summed E-state index contributed by atoms with van der Waals surface area (Å²) >= 11 is 0. The van der Waals surface area contributed by atoms with Gasteiger partial charge in [0.05, 0.1) is 11.5 Å². The molecule has 0 unspecified atom stereocenters. The molecule has 1 amide bonds. The van der Waals surface area contributed by atoms with Gasteiger partial charge in [0.15, 0.2) is 0 Å². The van der Waals surface area contributed by atoms with E-state index in [9.17, 15) is 9.18 Å². The summed E-state index contributed by atoms with van der Waals surface area (Å²) in [5.74, 6) is -0.433. The second-order valence-electron chi connectivity index (χ2n) is 4.28.